The first kappa shape index (κ1) is 14.0. The molecule has 1 N–H and O–H groups in total. The van der Waals surface area contributed by atoms with Gasteiger partial charge in [0.1, 0.15) is 0 Å². The number of carboxylic acids is 1. The number of methoxy groups -OCH3 is 1. The van der Waals surface area contributed by atoms with Crippen LogP contribution in [-0.2, 0) is 19.4 Å². The van der Waals surface area contributed by atoms with Crippen molar-refractivity contribution in [3.63, 3.8) is 0 Å². The second-order valence-corrected chi connectivity index (χ2v) is 5.85. The number of carbonyl (C=O) groups is 1. The van der Waals surface area contributed by atoms with E-state index in [4.69, 9.17) is 16.7 Å². The number of halogens is 1. The van der Waals surface area contributed by atoms with E-state index in [9.17, 15) is 13.2 Å². The van der Waals surface area contributed by atoms with Gasteiger partial charge in [-0.1, -0.05) is 11.6 Å². The Morgan fingerprint density at radius 3 is 2.35 bits per heavy atom. The molecule has 0 spiro atoms. The molecule has 0 saturated carbocycles. The highest BCUT2D eigenvalue weighted by Crippen LogP contribution is 2.19. The van der Waals surface area contributed by atoms with E-state index in [0.29, 0.717) is 5.02 Å². The Bertz CT molecular complexity index is 494. The standard InChI is InChI=1S/C10H11ClO5S/c1-16-6-9(10(12)13)17(14,15)8-4-2-7(11)3-5-8/h2-5,9H,6H2,1H3,(H,12,13). The fraction of sp³-hybridized carbons (Fsp3) is 0.300. The summed E-state index contributed by atoms with van der Waals surface area (Å²) >= 11 is 5.63. The lowest BCUT2D eigenvalue weighted by atomic mass is 10.4. The molecule has 0 heterocycles. The summed E-state index contributed by atoms with van der Waals surface area (Å²) in [5.41, 5.74) is 0. The van der Waals surface area contributed by atoms with Gasteiger partial charge in [-0.05, 0) is 24.3 Å². The molecule has 0 aliphatic rings. The van der Waals surface area contributed by atoms with Gasteiger partial charge in [-0.2, -0.15) is 0 Å². The Balaban J connectivity index is 3.16. The van der Waals surface area contributed by atoms with E-state index in [1.807, 2.05) is 0 Å². The minimum Gasteiger partial charge on any atom is -0.480 e. The topological polar surface area (TPSA) is 80.7 Å². The SMILES string of the molecule is COCC(C(=O)O)S(=O)(=O)c1ccc(Cl)cc1. The molecule has 0 bridgehead atoms. The first-order chi connectivity index (χ1) is 7.89. The molecule has 0 amide bonds. The van der Waals surface area contributed by atoms with Crippen LogP contribution >= 0.6 is 11.6 Å². The molecule has 1 aromatic carbocycles. The smallest absolute Gasteiger partial charge is 0.324 e. The van der Waals surface area contributed by atoms with Gasteiger partial charge >= 0.3 is 5.97 Å². The molecule has 1 unspecified atom stereocenters. The van der Waals surface area contributed by atoms with E-state index in [0.717, 1.165) is 0 Å². The number of benzene rings is 1. The third-order valence-electron chi connectivity index (χ3n) is 2.11. The van der Waals surface area contributed by atoms with Crippen molar-refractivity contribution in [2.45, 2.75) is 10.1 Å². The van der Waals surface area contributed by atoms with Gasteiger partial charge in [0.15, 0.2) is 15.1 Å². The average Bonchev–Trinajstić information content (AvgIpc) is 2.25. The Labute approximate surface area is 104 Å². The fourth-order valence-corrected chi connectivity index (χ4v) is 2.78. The maximum Gasteiger partial charge on any atom is 0.324 e. The zero-order chi connectivity index (χ0) is 13.1. The Morgan fingerprint density at radius 2 is 1.94 bits per heavy atom. The number of ether oxygens (including phenoxy) is 1. The monoisotopic (exact) mass is 278 g/mol. The predicted octanol–water partition coefficient (Wildman–Crippen LogP) is 1.21. The van der Waals surface area contributed by atoms with E-state index >= 15 is 0 Å². The van der Waals surface area contributed by atoms with Crippen LogP contribution in [-0.4, -0.2) is 38.5 Å². The summed E-state index contributed by atoms with van der Waals surface area (Å²) < 4.78 is 28.6. The molecule has 1 aromatic rings. The number of aliphatic carboxylic acids is 1. The minimum absolute atomic E-state index is 0.0913. The van der Waals surface area contributed by atoms with Crippen LogP contribution in [0.1, 0.15) is 0 Å². The molecule has 0 aliphatic carbocycles. The van der Waals surface area contributed by atoms with E-state index in [-0.39, 0.29) is 4.90 Å². The lowest BCUT2D eigenvalue weighted by molar-refractivity contribution is -0.137. The summed E-state index contributed by atoms with van der Waals surface area (Å²) in [7, 11) is -2.72. The molecular weight excluding hydrogens is 268 g/mol. The molecule has 17 heavy (non-hydrogen) atoms. The average molecular weight is 279 g/mol. The van der Waals surface area contributed by atoms with Gasteiger partial charge in [0.25, 0.3) is 0 Å². The number of hydrogen-bond donors (Lipinski definition) is 1. The molecular formula is C10H11ClO5S. The first-order valence-corrected chi connectivity index (χ1v) is 6.53. The van der Waals surface area contributed by atoms with E-state index in [1.54, 1.807) is 0 Å². The maximum absolute atomic E-state index is 12.0. The van der Waals surface area contributed by atoms with Crippen LogP contribution in [0.2, 0.25) is 5.02 Å². The molecule has 0 radical (unpaired) electrons. The lowest BCUT2D eigenvalue weighted by Crippen LogP contribution is -2.34. The van der Waals surface area contributed by atoms with Crippen LogP contribution in [0.25, 0.3) is 0 Å². The third-order valence-corrected chi connectivity index (χ3v) is 4.38. The van der Waals surface area contributed by atoms with Gasteiger partial charge in [-0.3, -0.25) is 4.79 Å². The van der Waals surface area contributed by atoms with Crippen molar-refractivity contribution in [1.29, 1.82) is 0 Å². The van der Waals surface area contributed by atoms with Gasteiger partial charge < -0.3 is 9.84 Å². The highest BCUT2D eigenvalue weighted by molar-refractivity contribution is 7.92. The molecule has 0 aromatic heterocycles. The van der Waals surface area contributed by atoms with Crippen LogP contribution in [0.4, 0.5) is 0 Å². The zero-order valence-corrected chi connectivity index (χ0v) is 10.5. The number of sulfone groups is 1. The van der Waals surface area contributed by atoms with Crippen molar-refractivity contribution < 1.29 is 23.1 Å². The van der Waals surface area contributed by atoms with Gasteiger partial charge in [-0.25, -0.2) is 8.42 Å². The molecule has 0 fully saturated rings. The number of carboxylic acid groups (broad SMARTS) is 1. The van der Waals surface area contributed by atoms with Gasteiger partial charge in [0, 0.05) is 12.1 Å². The van der Waals surface area contributed by atoms with Crippen LogP contribution in [0, 0.1) is 0 Å². The van der Waals surface area contributed by atoms with Crippen molar-refractivity contribution >= 4 is 27.4 Å². The second kappa shape index (κ2) is 5.48. The van der Waals surface area contributed by atoms with E-state index in [2.05, 4.69) is 4.74 Å². The Hall–Kier alpha value is -1.11. The van der Waals surface area contributed by atoms with Crippen LogP contribution in [0.15, 0.2) is 29.2 Å². The molecule has 0 aliphatic heterocycles. The van der Waals surface area contributed by atoms with Crippen LogP contribution in [0.3, 0.4) is 0 Å². The van der Waals surface area contributed by atoms with Crippen LogP contribution in [0.5, 0.6) is 0 Å². The van der Waals surface area contributed by atoms with Gasteiger partial charge in [0.2, 0.25) is 0 Å². The van der Waals surface area contributed by atoms with Crippen molar-refractivity contribution in [3.05, 3.63) is 29.3 Å². The summed E-state index contributed by atoms with van der Waals surface area (Å²) in [6, 6.07) is 5.31. The number of rotatable bonds is 5. The molecule has 94 valence electrons. The van der Waals surface area contributed by atoms with Crippen molar-refractivity contribution in [1.82, 2.24) is 0 Å². The number of hydrogen-bond acceptors (Lipinski definition) is 4. The van der Waals surface area contributed by atoms with Crippen LogP contribution < -0.4 is 0 Å². The fourth-order valence-electron chi connectivity index (χ4n) is 1.23. The quantitative estimate of drug-likeness (QED) is 0.876. The van der Waals surface area contributed by atoms with E-state index < -0.39 is 27.7 Å². The highest BCUT2D eigenvalue weighted by Gasteiger charge is 2.33. The summed E-state index contributed by atoms with van der Waals surface area (Å²) in [5.74, 6) is -1.44. The van der Waals surface area contributed by atoms with Gasteiger partial charge in [-0.15, -0.1) is 0 Å². The molecule has 7 heteroatoms. The minimum atomic E-state index is -3.96. The Kier molecular flexibility index (Phi) is 4.50. The predicted molar refractivity (Wildman–Crippen MR) is 61.9 cm³/mol. The maximum atomic E-state index is 12.0. The normalized spacial score (nSPS) is 13.3. The second-order valence-electron chi connectivity index (χ2n) is 3.28. The van der Waals surface area contributed by atoms with Crippen molar-refractivity contribution in [2.24, 2.45) is 0 Å². The Morgan fingerprint density at radius 1 is 1.41 bits per heavy atom. The van der Waals surface area contributed by atoms with E-state index in [1.165, 1.54) is 31.4 Å². The zero-order valence-electron chi connectivity index (χ0n) is 8.96. The summed E-state index contributed by atoms with van der Waals surface area (Å²) in [6.07, 6.45) is 0. The first-order valence-electron chi connectivity index (χ1n) is 4.61. The van der Waals surface area contributed by atoms with Gasteiger partial charge in [0.05, 0.1) is 11.5 Å². The van der Waals surface area contributed by atoms with Crippen molar-refractivity contribution in [2.75, 3.05) is 13.7 Å². The molecule has 0 saturated heterocycles. The summed E-state index contributed by atoms with van der Waals surface area (Å²) in [6.45, 7) is -0.402. The summed E-state index contributed by atoms with van der Waals surface area (Å²) in [4.78, 5) is 10.8. The molecule has 1 rings (SSSR count). The third kappa shape index (κ3) is 3.18. The summed E-state index contributed by atoms with van der Waals surface area (Å²) in [5, 5.41) is 7.63. The molecule has 5 nitrogen and oxygen atoms in total. The molecule has 1 atom stereocenters. The largest absolute Gasteiger partial charge is 0.480 e. The lowest BCUT2D eigenvalue weighted by Gasteiger charge is -2.12. The highest BCUT2D eigenvalue weighted by atomic mass is 35.5. The van der Waals surface area contributed by atoms with Crippen molar-refractivity contribution in [3.8, 4) is 0 Å².